The molecular formula is C22H29N3O4. The number of aliphatic hydroxyl groups is 1. The van der Waals surface area contributed by atoms with Crippen LogP contribution in [0.1, 0.15) is 35.3 Å². The molecule has 29 heavy (non-hydrogen) atoms. The Kier molecular flexibility index (Phi) is 6.71. The van der Waals surface area contributed by atoms with Gasteiger partial charge >= 0.3 is 0 Å². The molecule has 1 fully saturated rings. The second-order valence-electron chi connectivity index (χ2n) is 7.82. The van der Waals surface area contributed by atoms with Gasteiger partial charge < -0.3 is 19.7 Å². The summed E-state index contributed by atoms with van der Waals surface area (Å²) in [6.07, 6.45) is 1.85. The summed E-state index contributed by atoms with van der Waals surface area (Å²) in [5, 5.41) is 11.1. The van der Waals surface area contributed by atoms with Gasteiger partial charge in [-0.2, -0.15) is 0 Å². The first-order valence-corrected chi connectivity index (χ1v) is 9.91. The Balaban J connectivity index is 1.58. The minimum Gasteiger partial charge on any atom is -0.497 e. The summed E-state index contributed by atoms with van der Waals surface area (Å²) in [5.41, 5.74) is 0.303. The molecule has 0 unspecified atom stereocenters. The topological polar surface area (TPSA) is 85.9 Å². The van der Waals surface area contributed by atoms with Crippen molar-refractivity contribution in [1.82, 2.24) is 14.8 Å². The van der Waals surface area contributed by atoms with E-state index in [1.54, 1.807) is 24.1 Å². The fourth-order valence-electron chi connectivity index (χ4n) is 3.88. The number of likely N-dealkylation sites (tertiary alicyclic amines) is 1. The van der Waals surface area contributed by atoms with E-state index in [-0.39, 0.29) is 11.5 Å². The van der Waals surface area contributed by atoms with Gasteiger partial charge in [-0.25, -0.2) is 0 Å². The maximum absolute atomic E-state index is 12.7. The number of likely N-dealkylation sites (N-methyl/N-ethyl adjacent to an activating group) is 1. The van der Waals surface area contributed by atoms with Gasteiger partial charge in [-0.3, -0.25) is 14.5 Å². The molecule has 1 aromatic carbocycles. The number of nitrogens with zero attached hydrogens (tertiary/aromatic N) is 2. The number of rotatable bonds is 6. The zero-order valence-electron chi connectivity index (χ0n) is 17.1. The van der Waals surface area contributed by atoms with E-state index in [4.69, 9.17) is 4.74 Å². The van der Waals surface area contributed by atoms with Crippen LogP contribution in [0.4, 0.5) is 0 Å². The first kappa shape index (κ1) is 21.1. The summed E-state index contributed by atoms with van der Waals surface area (Å²) >= 11 is 0. The van der Waals surface area contributed by atoms with Crippen molar-refractivity contribution in [2.45, 2.75) is 31.4 Å². The number of H-pyrrole nitrogens is 1. The zero-order chi connectivity index (χ0) is 20.9. The van der Waals surface area contributed by atoms with Crippen molar-refractivity contribution >= 4 is 5.91 Å². The predicted molar refractivity (Wildman–Crippen MR) is 111 cm³/mol. The molecule has 1 aliphatic heterocycles. The molecule has 1 aromatic heterocycles. The summed E-state index contributed by atoms with van der Waals surface area (Å²) in [6.45, 7) is 2.28. The number of amides is 1. The molecule has 156 valence electrons. The molecule has 0 saturated carbocycles. The average molecular weight is 399 g/mol. The number of ether oxygens (including phenoxy) is 1. The normalized spacial score (nSPS) is 19.8. The summed E-state index contributed by atoms with van der Waals surface area (Å²) < 4.78 is 5.19. The predicted octanol–water partition coefficient (Wildman–Crippen LogP) is 1.87. The number of carbonyl (C=O) groups excluding carboxylic acids is 1. The van der Waals surface area contributed by atoms with Crippen LogP contribution in [0.15, 0.2) is 47.3 Å². The maximum atomic E-state index is 12.7. The van der Waals surface area contributed by atoms with E-state index in [9.17, 15) is 14.7 Å². The summed E-state index contributed by atoms with van der Waals surface area (Å²) in [6, 6.07) is 12.5. The molecule has 2 N–H and O–H groups in total. The van der Waals surface area contributed by atoms with Crippen molar-refractivity contribution in [2.24, 2.45) is 0 Å². The second kappa shape index (κ2) is 9.24. The van der Waals surface area contributed by atoms with Gasteiger partial charge in [0.1, 0.15) is 11.4 Å². The van der Waals surface area contributed by atoms with Crippen molar-refractivity contribution in [3.8, 4) is 5.75 Å². The third-order valence-electron chi connectivity index (χ3n) is 5.38. The van der Waals surface area contributed by atoms with Gasteiger partial charge in [0.05, 0.1) is 12.7 Å². The number of aromatic amines is 1. The van der Waals surface area contributed by atoms with Crippen LogP contribution in [-0.4, -0.2) is 65.2 Å². The Morgan fingerprint density at radius 1 is 1.21 bits per heavy atom. The lowest BCUT2D eigenvalue weighted by atomic mass is 9.94. The fraction of sp³-hybridized carbons (Fsp3) is 0.455. The summed E-state index contributed by atoms with van der Waals surface area (Å²) in [5.74, 6) is 0.627. The standard InChI is InChI=1S/C22H29N3O4/c1-24(15-17-7-9-18(29-2)10-8-17)16-22(28)11-4-13-25(14-12-22)21(27)19-5-3-6-20(26)23-19/h3,5-10,28H,4,11-16H2,1-2H3,(H,23,26)/t22-/m1/s1. The molecule has 0 spiro atoms. The molecule has 3 rings (SSSR count). The van der Waals surface area contributed by atoms with Crippen LogP contribution in [0.3, 0.4) is 0 Å². The van der Waals surface area contributed by atoms with E-state index in [2.05, 4.69) is 9.88 Å². The van der Waals surface area contributed by atoms with Crippen molar-refractivity contribution in [2.75, 3.05) is 33.8 Å². The highest BCUT2D eigenvalue weighted by Gasteiger charge is 2.33. The molecule has 0 radical (unpaired) electrons. The van der Waals surface area contributed by atoms with E-state index in [0.717, 1.165) is 24.3 Å². The van der Waals surface area contributed by atoms with Crippen LogP contribution >= 0.6 is 0 Å². The zero-order valence-corrected chi connectivity index (χ0v) is 17.1. The van der Waals surface area contributed by atoms with Gasteiger partial charge in [0, 0.05) is 32.2 Å². The number of benzene rings is 1. The quantitative estimate of drug-likeness (QED) is 0.775. The highest BCUT2D eigenvalue weighted by molar-refractivity contribution is 5.92. The fourth-order valence-corrected chi connectivity index (χ4v) is 3.88. The lowest BCUT2D eigenvalue weighted by molar-refractivity contribution is -0.00402. The van der Waals surface area contributed by atoms with E-state index in [1.807, 2.05) is 31.3 Å². The van der Waals surface area contributed by atoms with E-state index >= 15 is 0 Å². The number of aromatic nitrogens is 1. The Morgan fingerprint density at radius 2 is 1.97 bits per heavy atom. The van der Waals surface area contributed by atoms with Crippen LogP contribution in [-0.2, 0) is 6.54 Å². The molecule has 7 heteroatoms. The van der Waals surface area contributed by atoms with Gasteiger partial charge in [-0.1, -0.05) is 18.2 Å². The van der Waals surface area contributed by atoms with E-state index < -0.39 is 5.60 Å². The summed E-state index contributed by atoms with van der Waals surface area (Å²) in [7, 11) is 3.64. The molecule has 1 aliphatic rings. The van der Waals surface area contributed by atoms with Crippen molar-refractivity contribution in [1.29, 1.82) is 0 Å². The third-order valence-corrected chi connectivity index (χ3v) is 5.38. The van der Waals surface area contributed by atoms with Crippen molar-refractivity contribution < 1.29 is 14.6 Å². The first-order valence-electron chi connectivity index (χ1n) is 9.91. The van der Waals surface area contributed by atoms with Crippen molar-refractivity contribution in [3.63, 3.8) is 0 Å². The minimum absolute atomic E-state index is 0.196. The Bertz CT molecular complexity index is 880. The number of hydrogen-bond donors (Lipinski definition) is 2. The smallest absolute Gasteiger partial charge is 0.270 e. The SMILES string of the molecule is COc1ccc(CN(C)C[C@@]2(O)CCCN(C(=O)c3cccc(=O)[nH]3)CC2)cc1. The largest absolute Gasteiger partial charge is 0.497 e. The van der Waals surface area contributed by atoms with Crippen LogP contribution < -0.4 is 10.3 Å². The van der Waals surface area contributed by atoms with Crippen LogP contribution in [0.25, 0.3) is 0 Å². The van der Waals surface area contributed by atoms with Gasteiger partial charge in [0.2, 0.25) is 5.56 Å². The third kappa shape index (κ3) is 5.68. The van der Waals surface area contributed by atoms with Gasteiger partial charge in [-0.05, 0) is 50.1 Å². The molecule has 0 bridgehead atoms. The van der Waals surface area contributed by atoms with Gasteiger partial charge in [-0.15, -0.1) is 0 Å². The second-order valence-corrected chi connectivity index (χ2v) is 7.82. The lowest BCUT2D eigenvalue weighted by Gasteiger charge is -2.31. The number of hydrogen-bond acceptors (Lipinski definition) is 5. The maximum Gasteiger partial charge on any atom is 0.270 e. The monoisotopic (exact) mass is 399 g/mol. The molecule has 2 heterocycles. The lowest BCUT2D eigenvalue weighted by Crippen LogP contribution is -2.42. The highest BCUT2D eigenvalue weighted by Crippen LogP contribution is 2.25. The van der Waals surface area contributed by atoms with Crippen molar-refractivity contribution in [3.05, 3.63) is 64.1 Å². The first-order chi connectivity index (χ1) is 13.9. The van der Waals surface area contributed by atoms with Crippen LogP contribution in [0.2, 0.25) is 0 Å². The molecule has 1 atom stereocenters. The molecule has 2 aromatic rings. The minimum atomic E-state index is -0.847. The molecule has 1 amide bonds. The number of carbonyl (C=O) groups is 1. The summed E-state index contributed by atoms with van der Waals surface area (Å²) in [4.78, 5) is 30.6. The molecule has 7 nitrogen and oxygen atoms in total. The average Bonchev–Trinajstić information content (AvgIpc) is 2.89. The molecule has 1 saturated heterocycles. The van der Waals surface area contributed by atoms with Crippen LogP contribution in [0, 0.1) is 0 Å². The van der Waals surface area contributed by atoms with Gasteiger partial charge in [0.15, 0.2) is 0 Å². The van der Waals surface area contributed by atoms with E-state index in [1.165, 1.54) is 6.07 Å². The highest BCUT2D eigenvalue weighted by atomic mass is 16.5. The number of nitrogens with one attached hydrogen (secondary N) is 1. The molecular weight excluding hydrogens is 370 g/mol. The van der Waals surface area contributed by atoms with E-state index in [0.29, 0.717) is 38.2 Å². The van der Waals surface area contributed by atoms with Crippen LogP contribution in [0.5, 0.6) is 5.75 Å². The molecule has 0 aliphatic carbocycles. The Morgan fingerprint density at radius 3 is 2.66 bits per heavy atom. The van der Waals surface area contributed by atoms with Gasteiger partial charge in [0.25, 0.3) is 5.91 Å². The number of methoxy groups -OCH3 is 1. The Hall–Kier alpha value is -2.64. The Labute approximate surface area is 170 Å². The number of pyridine rings is 1.